The summed E-state index contributed by atoms with van der Waals surface area (Å²) in [6.07, 6.45) is 0. The van der Waals surface area contributed by atoms with E-state index < -0.39 is 7.32 Å². The summed E-state index contributed by atoms with van der Waals surface area (Å²) in [6.45, 7) is 0.575. The molecule has 0 aliphatic heterocycles. The molecule has 0 atom stereocenters. The Morgan fingerprint density at radius 3 is 2.38 bits per heavy atom. The molecule has 0 bridgehead atoms. The monoisotopic (exact) mass is 120 g/mol. The van der Waals surface area contributed by atoms with Crippen LogP contribution in [-0.2, 0) is 9.39 Å². The zero-order valence-electron chi connectivity index (χ0n) is 4.70. The van der Waals surface area contributed by atoms with Crippen LogP contribution in [0.25, 0.3) is 0 Å². The standard InChI is InChI=1S/C3H9BO4/c1-7-2-3-8-4(5)6/h5-6H,2-3H2,1H3. The Hall–Kier alpha value is -0.0951. The van der Waals surface area contributed by atoms with Crippen LogP contribution in [0.4, 0.5) is 0 Å². The second-order valence-electron chi connectivity index (χ2n) is 1.19. The van der Waals surface area contributed by atoms with Crippen molar-refractivity contribution >= 4 is 7.32 Å². The predicted octanol–water partition coefficient (Wildman–Crippen LogP) is -1.38. The summed E-state index contributed by atoms with van der Waals surface area (Å²) in [6, 6.07) is 0. The molecule has 0 aliphatic carbocycles. The highest BCUT2D eigenvalue weighted by Gasteiger charge is 2.05. The molecule has 48 valence electrons. The average Bonchev–Trinajstić information content (AvgIpc) is 1.66. The lowest BCUT2D eigenvalue weighted by Gasteiger charge is -1.98. The van der Waals surface area contributed by atoms with Gasteiger partial charge in [-0.15, -0.1) is 0 Å². The third-order valence-corrected chi connectivity index (χ3v) is 0.554. The van der Waals surface area contributed by atoms with E-state index >= 15 is 0 Å². The number of methoxy groups -OCH3 is 1. The molecule has 0 rings (SSSR count). The highest BCUT2D eigenvalue weighted by atomic mass is 16.6. The molecular weight excluding hydrogens is 111 g/mol. The van der Waals surface area contributed by atoms with Crippen molar-refractivity contribution in [3.63, 3.8) is 0 Å². The molecule has 0 aromatic heterocycles. The lowest BCUT2D eigenvalue weighted by molar-refractivity contribution is 0.111. The van der Waals surface area contributed by atoms with Crippen molar-refractivity contribution in [3.05, 3.63) is 0 Å². The highest BCUT2D eigenvalue weighted by molar-refractivity contribution is 6.32. The van der Waals surface area contributed by atoms with Crippen molar-refractivity contribution in [3.8, 4) is 0 Å². The van der Waals surface area contributed by atoms with Crippen molar-refractivity contribution in [1.82, 2.24) is 0 Å². The third-order valence-electron chi connectivity index (χ3n) is 0.554. The van der Waals surface area contributed by atoms with Gasteiger partial charge in [-0.2, -0.15) is 0 Å². The number of rotatable bonds is 4. The zero-order valence-corrected chi connectivity index (χ0v) is 4.70. The summed E-state index contributed by atoms with van der Waals surface area (Å²) in [5.41, 5.74) is 0. The lowest BCUT2D eigenvalue weighted by atomic mass is 10.3. The minimum absolute atomic E-state index is 0.203. The molecule has 0 radical (unpaired) electrons. The van der Waals surface area contributed by atoms with Crippen molar-refractivity contribution in [2.24, 2.45) is 0 Å². The van der Waals surface area contributed by atoms with E-state index in [-0.39, 0.29) is 6.61 Å². The van der Waals surface area contributed by atoms with E-state index in [1.165, 1.54) is 7.11 Å². The Balaban J connectivity index is 2.72. The summed E-state index contributed by atoms with van der Waals surface area (Å²) < 4.78 is 8.81. The van der Waals surface area contributed by atoms with Crippen LogP contribution >= 0.6 is 0 Å². The maximum absolute atomic E-state index is 8.06. The normalized spacial score (nSPS) is 9.38. The van der Waals surface area contributed by atoms with Crippen LogP contribution in [0.15, 0.2) is 0 Å². The van der Waals surface area contributed by atoms with Gasteiger partial charge in [0.1, 0.15) is 0 Å². The Morgan fingerprint density at radius 2 is 2.00 bits per heavy atom. The second-order valence-corrected chi connectivity index (χ2v) is 1.19. The minimum atomic E-state index is -1.68. The summed E-state index contributed by atoms with van der Waals surface area (Å²) in [7, 11) is -0.169. The topological polar surface area (TPSA) is 58.9 Å². The van der Waals surface area contributed by atoms with Crippen molar-refractivity contribution in [1.29, 1.82) is 0 Å². The van der Waals surface area contributed by atoms with Crippen LogP contribution in [0.5, 0.6) is 0 Å². The quantitative estimate of drug-likeness (QED) is 0.354. The second kappa shape index (κ2) is 5.05. The van der Waals surface area contributed by atoms with E-state index in [1.807, 2.05) is 0 Å². The van der Waals surface area contributed by atoms with Gasteiger partial charge in [0.2, 0.25) is 0 Å². The highest BCUT2D eigenvalue weighted by Crippen LogP contribution is 1.74. The fourth-order valence-electron chi connectivity index (χ4n) is 0.237. The molecule has 0 aromatic rings. The lowest BCUT2D eigenvalue weighted by Crippen LogP contribution is -2.19. The maximum Gasteiger partial charge on any atom is 0.633 e. The van der Waals surface area contributed by atoms with E-state index in [4.69, 9.17) is 10.0 Å². The fraction of sp³-hybridized carbons (Fsp3) is 1.00. The number of ether oxygens (including phenoxy) is 1. The Labute approximate surface area is 48.2 Å². The fourth-order valence-corrected chi connectivity index (χ4v) is 0.237. The SMILES string of the molecule is COCCOB(O)O. The molecule has 0 saturated carbocycles. The summed E-state index contributed by atoms with van der Waals surface area (Å²) in [5, 5.41) is 16.1. The first-order valence-corrected chi connectivity index (χ1v) is 2.24. The zero-order chi connectivity index (χ0) is 6.41. The summed E-state index contributed by atoms with van der Waals surface area (Å²) >= 11 is 0. The molecule has 0 fully saturated rings. The minimum Gasteiger partial charge on any atom is -0.402 e. The Kier molecular flexibility index (Phi) is 4.99. The van der Waals surface area contributed by atoms with Gasteiger partial charge in [0, 0.05) is 7.11 Å². The van der Waals surface area contributed by atoms with Crippen LogP contribution < -0.4 is 0 Å². The molecule has 0 aliphatic rings. The Bertz CT molecular complexity index is 48.5. The van der Waals surface area contributed by atoms with E-state index in [2.05, 4.69) is 9.39 Å². The van der Waals surface area contributed by atoms with Gasteiger partial charge in [-0.25, -0.2) is 0 Å². The van der Waals surface area contributed by atoms with E-state index in [9.17, 15) is 0 Å². The summed E-state index contributed by atoms with van der Waals surface area (Å²) in [4.78, 5) is 0. The van der Waals surface area contributed by atoms with Crippen LogP contribution in [0.2, 0.25) is 0 Å². The smallest absolute Gasteiger partial charge is 0.402 e. The summed E-state index contributed by atoms with van der Waals surface area (Å²) in [5.74, 6) is 0. The van der Waals surface area contributed by atoms with Crippen LogP contribution in [-0.4, -0.2) is 37.7 Å². The van der Waals surface area contributed by atoms with Crippen molar-refractivity contribution < 1.29 is 19.4 Å². The molecule has 5 heteroatoms. The first-order chi connectivity index (χ1) is 3.77. The first-order valence-electron chi connectivity index (χ1n) is 2.24. The van der Waals surface area contributed by atoms with Gasteiger partial charge in [-0.1, -0.05) is 0 Å². The first kappa shape index (κ1) is 7.90. The number of hydrogen-bond donors (Lipinski definition) is 2. The van der Waals surface area contributed by atoms with Crippen LogP contribution in [0.1, 0.15) is 0 Å². The molecule has 0 unspecified atom stereocenters. The molecule has 0 aromatic carbocycles. The van der Waals surface area contributed by atoms with Crippen molar-refractivity contribution in [2.75, 3.05) is 20.3 Å². The maximum atomic E-state index is 8.06. The predicted molar refractivity (Wildman–Crippen MR) is 28.0 cm³/mol. The van der Waals surface area contributed by atoms with Gasteiger partial charge >= 0.3 is 7.32 Å². The molecule has 8 heavy (non-hydrogen) atoms. The van der Waals surface area contributed by atoms with Crippen LogP contribution in [0, 0.1) is 0 Å². The Morgan fingerprint density at radius 1 is 1.38 bits per heavy atom. The molecule has 2 N–H and O–H groups in total. The van der Waals surface area contributed by atoms with Gasteiger partial charge in [0.25, 0.3) is 0 Å². The molecule has 0 amide bonds. The van der Waals surface area contributed by atoms with Crippen molar-refractivity contribution in [2.45, 2.75) is 0 Å². The third kappa shape index (κ3) is 5.90. The van der Waals surface area contributed by atoms with E-state index in [0.29, 0.717) is 6.61 Å². The van der Waals surface area contributed by atoms with Crippen LogP contribution in [0.3, 0.4) is 0 Å². The molecular formula is C3H9BO4. The number of hydrogen-bond acceptors (Lipinski definition) is 4. The molecule has 0 saturated heterocycles. The largest absolute Gasteiger partial charge is 0.633 e. The van der Waals surface area contributed by atoms with Gasteiger partial charge in [0.05, 0.1) is 13.2 Å². The molecule has 0 spiro atoms. The van der Waals surface area contributed by atoms with Gasteiger partial charge in [-0.05, 0) is 0 Å². The molecule has 0 heterocycles. The van der Waals surface area contributed by atoms with Gasteiger partial charge < -0.3 is 19.4 Å². The molecule has 4 nitrogen and oxygen atoms in total. The van der Waals surface area contributed by atoms with Gasteiger partial charge in [-0.3, -0.25) is 0 Å². The van der Waals surface area contributed by atoms with E-state index in [1.54, 1.807) is 0 Å². The van der Waals surface area contributed by atoms with Gasteiger partial charge in [0.15, 0.2) is 0 Å². The average molecular weight is 120 g/mol. The van der Waals surface area contributed by atoms with E-state index in [0.717, 1.165) is 0 Å².